The number of guanidine groups is 1. The van der Waals surface area contributed by atoms with Crippen molar-refractivity contribution < 1.29 is 14.2 Å². The maximum Gasteiger partial charge on any atom is 0.203 e. The molecule has 0 saturated carbocycles. The van der Waals surface area contributed by atoms with Crippen LogP contribution in [0.2, 0.25) is 0 Å². The van der Waals surface area contributed by atoms with E-state index in [1.807, 2.05) is 19.2 Å². The van der Waals surface area contributed by atoms with Crippen LogP contribution in [0.1, 0.15) is 25.8 Å². The van der Waals surface area contributed by atoms with E-state index in [-0.39, 0.29) is 0 Å². The van der Waals surface area contributed by atoms with Gasteiger partial charge in [-0.1, -0.05) is 13.8 Å². The van der Waals surface area contributed by atoms with Crippen molar-refractivity contribution in [3.05, 3.63) is 17.7 Å². The zero-order valence-electron chi connectivity index (χ0n) is 15.6. The Morgan fingerprint density at radius 2 is 1.79 bits per heavy atom. The summed E-state index contributed by atoms with van der Waals surface area (Å²) in [4.78, 5) is 6.72. The minimum absolute atomic E-state index is 0.337. The van der Waals surface area contributed by atoms with Crippen molar-refractivity contribution in [2.45, 2.75) is 26.8 Å². The average Bonchev–Trinajstić information content (AvgIpc) is 2.94. The maximum atomic E-state index is 5.41. The smallest absolute Gasteiger partial charge is 0.203 e. The van der Waals surface area contributed by atoms with Gasteiger partial charge in [0.15, 0.2) is 17.5 Å². The lowest BCUT2D eigenvalue weighted by Crippen LogP contribution is -2.40. The molecule has 6 heteroatoms. The minimum Gasteiger partial charge on any atom is -0.493 e. The third-order valence-corrected chi connectivity index (χ3v) is 4.36. The van der Waals surface area contributed by atoms with Crippen molar-refractivity contribution in [2.75, 3.05) is 41.5 Å². The third kappa shape index (κ3) is 4.04. The first kappa shape index (κ1) is 18.2. The number of rotatable bonds is 5. The van der Waals surface area contributed by atoms with Crippen molar-refractivity contribution >= 4 is 5.96 Å². The number of likely N-dealkylation sites (tertiary alicyclic amines) is 1. The quantitative estimate of drug-likeness (QED) is 0.662. The molecule has 134 valence electrons. The Labute approximate surface area is 144 Å². The highest BCUT2D eigenvalue weighted by atomic mass is 16.5. The number of nitrogens with zero attached hydrogens (tertiary/aromatic N) is 2. The molecule has 0 aliphatic carbocycles. The Balaban J connectivity index is 2.10. The van der Waals surface area contributed by atoms with Gasteiger partial charge in [-0.3, -0.25) is 4.99 Å². The summed E-state index contributed by atoms with van der Waals surface area (Å²) in [5.41, 5.74) is 1.38. The molecule has 1 N–H and O–H groups in total. The van der Waals surface area contributed by atoms with Crippen LogP contribution in [0.5, 0.6) is 17.2 Å². The van der Waals surface area contributed by atoms with E-state index < -0.39 is 0 Å². The van der Waals surface area contributed by atoms with Crippen molar-refractivity contribution in [1.29, 1.82) is 0 Å². The molecular weight excluding hydrogens is 306 g/mol. The van der Waals surface area contributed by atoms with Crippen molar-refractivity contribution in [3.8, 4) is 17.2 Å². The lowest BCUT2D eigenvalue weighted by molar-refractivity contribution is 0.323. The summed E-state index contributed by atoms with van der Waals surface area (Å²) in [5, 5.41) is 3.43. The number of nitrogens with one attached hydrogen (secondary N) is 1. The fourth-order valence-electron chi connectivity index (χ4n) is 3.04. The monoisotopic (exact) mass is 335 g/mol. The molecule has 0 aromatic heterocycles. The molecule has 0 spiro atoms. The van der Waals surface area contributed by atoms with Crippen LogP contribution in [0, 0.1) is 5.41 Å². The second-order valence-corrected chi connectivity index (χ2v) is 6.77. The summed E-state index contributed by atoms with van der Waals surface area (Å²) in [7, 11) is 6.68. The molecule has 1 saturated heterocycles. The molecule has 1 aromatic carbocycles. The minimum atomic E-state index is 0.337. The molecule has 6 nitrogen and oxygen atoms in total. The van der Waals surface area contributed by atoms with Crippen molar-refractivity contribution in [2.24, 2.45) is 10.4 Å². The van der Waals surface area contributed by atoms with Gasteiger partial charge in [0.1, 0.15) is 0 Å². The summed E-state index contributed by atoms with van der Waals surface area (Å²) in [6, 6.07) is 3.91. The van der Waals surface area contributed by atoms with Gasteiger partial charge in [0, 0.05) is 26.7 Å². The van der Waals surface area contributed by atoms with E-state index in [4.69, 9.17) is 14.2 Å². The first-order chi connectivity index (χ1) is 11.4. The van der Waals surface area contributed by atoms with Gasteiger partial charge in [0.25, 0.3) is 0 Å². The molecular formula is C18H29N3O3. The molecule has 1 aliphatic heterocycles. The fraction of sp³-hybridized carbons (Fsp3) is 0.611. The Kier molecular flexibility index (Phi) is 5.80. The molecule has 1 heterocycles. The zero-order chi connectivity index (χ0) is 17.7. The summed E-state index contributed by atoms with van der Waals surface area (Å²) in [6.07, 6.45) is 1.18. The highest BCUT2D eigenvalue weighted by Gasteiger charge is 2.30. The number of benzene rings is 1. The van der Waals surface area contributed by atoms with Crippen molar-refractivity contribution in [3.63, 3.8) is 0 Å². The SMILES string of the molecule is CN=C(NCc1cc(OC)c(OC)c(OC)c1)N1CCC(C)(C)C1. The lowest BCUT2D eigenvalue weighted by atomic mass is 9.93. The normalized spacial score (nSPS) is 16.9. The number of aliphatic imine (C=N–C) groups is 1. The van der Waals surface area contributed by atoms with Gasteiger partial charge in [-0.15, -0.1) is 0 Å². The van der Waals surface area contributed by atoms with Gasteiger partial charge in [-0.2, -0.15) is 0 Å². The van der Waals surface area contributed by atoms with E-state index in [1.54, 1.807) is 21.3 Å². The van der Waals surface area contributed by atoms with Crippen LogP contribution in [0.25, 0.3) is 0 Å². The summed E-state index contributed by atoms with van der Waals surface area (Å²) < 4.78 is 16.2. The molecule has 1 aliphatic rings. The molecule has 24 heavy (non-hydrogen) atoms. The van der Waals surface area contributed by atoms with Gasteiger partial charge >= 0.3 is 0 Å². The Hall–Kier alpha value is -2.11. The van der Waals surface area contributed by atoms with E-state index in [0.717, 1.165) is 24.6 Å². The highest BCUT2D eigenvalue weighted by molar-refractivity contribution is 5.80. The zero-order valence-corrected chi connectivity index (χ0v) is 15.6. The van der Waals surface area contributed by atoms with Gasteiger partial charge < -0.3 is 24.4 Å². The average molecular weight is 335 g/mol. The van der Waals surface area contributed by atoms with Gasteiger partial charge in [0.05, 0.1) is 21.3 Å². The van der Waals surface area contributed by atoms with Crippen LogP contribution in [0.15, 0.2) is 17.1 Å². The molecule has 0 amide bonds. The first-order valence-electron chi connectivity index (χ1n) is 8.18. The predicted molar refractivity (Wildman–Crippen MR) is 96.3 cm³/mol. The Morgan fingerprint density at radius 3 is 2.21 bits per heavy atom. The second kappa shape index (κ2) is 7.64. The predicted octanol–water partition coefficient (Wildman–Crippen LogP) is 2.52. The third-order valence-electron chi connectivity index (χ3n) is 4.36. The molecule has 0 bridgehead atoms. The second-order valence-electron chi connectivity index (χ2n) is 6.77. The first-order valence-corrected chi connectivity index (χ1v) is 8.18. The summed E-state index contributed by atoms with van der Waals surface area (Å²) in [6.45, 7) is 7.27. The molecule has 0 atom stereocenters. The van der Waals surface area contributed by atoms with Crippen LogP contribution >= 0.6 is 0 Å². The molecule has 0 radical (unpaired) electrons. The summed E-state index contributed by atoms with van der Waals surface area (Å²) >= 11 is 0. The molecule has 1 aromatic rings. The number of hydrogen-bond acceptors (Lipinski definition) is 4. The Bertz CT molecular complexity index is 574. The largest absolute Gasteiger partial charge is 0.493 e. The highest BCUT2D eigenvalue weighted by Crippen LogP contribution is 2.38. The van der Waals surface area contributed by atoms with Gasteiger partial charge in [0.2, 0.25) is 5.75 Å². The fourth-order valence-corrected chi connectivity index (χ4v) is 3.04. The maximum absolute atomic E-state index is 5.41. The molecule has 2 rings (SSSR count). The summed E-state index contributed by atoms with van der Waals surface area (Å²) in [5.74, 6) is 2.85. The lowest BCUT2D eigenvalue weighted by Gasteiger charge is -2.24. The van der Waals surface area contributed by atoms with Gasteiger partial charge in [-0.05, 0) is 29.5 Å². The van der Waals surface area contributed by atoms with E-state index in [9.17, 15) is 0 Å². The van der Waals surface area contributed by atoms with Crippen LogP contribution in [0.3, 0.4) is 0 Å². The van der Waals surface area contributed by atoms with E-state index >= 15 is 0 Å². The topological polar surface area (TPSA) is 55.3 Å². The number of ether oxygens (including phenoxy) is 3. The standard InChI is InChI=1S/C18H29N3O3/c1-18(2)7-8-21(12-18)17(19-3)20-11-13-9-14(22-4)16(24-6)15(10-13)23-5/h9-10H,7-8,11-12H2,1-6H3,(H,19,20). The molecule has 1 fully saturated rings. The van der Waals surface area contributed by atoms with E-state index in [0.29, 0.717) is 29.2 Å². The van der Waals surface area contributed by atoms with Gasteiger partial charge in [-0.25, -0.2) is 0 Å². The van der Waals surface area contributed by atoms with Crippen LogP contribution in [-0.2, 0) is 6.54 Å². The van der Waals surface area contributed by atoms with Crippen LogP contribution in [-0.4, -0.2) is 52.3 Å². The Morgan fingerprint density at radius 1 is 1.17 bits per heavy atom. The van der Waals surface area contributed by atoms with E-state index in [1.165, 1.54) is 6.42 Å². The van der Waals surface area contributed by atoms with Crippen LogP contribution < -0.4 is 19.5 Å². The number of methoxy groups -OCH3 is 3. The van der Waals surface area contributed by atoms with Crippen LogP contribution in [0.4, 0.5) is 0 Å². The number of hydrogen-bond donors (Lipinski definition) is 1. The molecule has 0 unspecified atom stereocenters. The van der Waals surface area contributed by atoms with Crippen molar-refractivity contribution in [1.82, 2.24) is 10.2 Å². The van der Waals surface area contributed by atoms with E-state index in [2.05, 4.69) is 29.1 Å².